The first-order valence-corrected chi connectivity index (χ1v) is 15.7. The molecule has 0 aliphatic carbocycles. The van der Waals surface area contributed by atoms with Crippen LogP contribution in [0.1, 0.15) is 68.2 Å². The Hall–Kier alpha value is -3.84. The highest BCUT2D eigenvalue weighted by molar-refractivity contribution is 5.94. The van der Waals surface area contributed by atoms with E-state index in [9.17, 15) is 27.9 Å². The minimum Gasteiger partial charge on any atom is -0.478 e. The number of ether oxygens (including phenoxy) is 1. The fourth-order valence-electron chi connectivity index (χ4n) is 6.54. The fourth-order valence-corrected chi connectivity index (χ4v) is 6.54. The van der Waals surface area contributed by atoms with Gasteiger partial charge in [0.1, 0.15) is 11.4 Å². The highest BCUT2D eigenvalue weighted by atomic mass is 19.4. The van der Waals surface area contributed by atoms with Crippen molar-refractivity contribution in [2.75, 3.05) is 50.7 Å². The monoisotopic (exact) mass is 644 g/mol. The molecular formula is C33H43F3N6O4. The number of carboxylic acids is 1. The number of nitrogens with one attached hydrogen (secondary N) is 1. The predicted molar refractivity (Wildman–Crippen MR) is 169 cm³/mol. The number of carboxylic acid groups (broad SMARTS) is 1. The second-order valence-electron chi connectivity index (χ2n) is 13.3. The van der Waals surface area contributed by atoms with Gasteiger partial charge in [-0.05, 0) is 77.3 Å². The van der Waals surface area contributed by atoms with E-state index in [-0.39, 0.29) is 30.7 Å². The summed E-state index contributed by atoms with van der Waals surface area (Å²) in [6, 6.07) is 7.38. The Morgan fingerprint density at radius 1 is 1.07 bits per heavy atom. The third kappa shape index (κ3) is 7.75. The van der Waals surface area contributed by atoms with Gasteiger partial charge >= 0.3 is 18.2 Å². The number of pyridine rings is 2. The first-order valence-electron chi connectivity index (χ1n) is 15.7. The van der Waals surface area contributed by atoms with Gasteiger partial charge in [-0.15, -0.1) is 0 Å². The van der Waals surface area contributed by atoms with E-state index < -0.39 is 30.4 Å². The topological polar surface area (TPSA) is 103 Å². The largest absolute Gasteiger partial charge is 0.478 e. The van der Waals surface area contributed by atoms with E-state index >= 15 is 0 Å². The molecular weight excluding hydrogens is 601 g/mol. The number of fused-ring (bicyclic) bond motifs is 1. The van der Waals surface area contributed by atoms with Crippen molar-refractivity contribution in [1.82, 2.24) is 24.5 Å². The highest BCUT2D eigenvalue weighted by Gasteiger charge is 2.34. The number of carbonyl (C=O) groups excluding carboxylic acids is 1. The van der Waals surface area contributed by atoms with Crippen molar-refractivity contribution in [1.29, 1.82) is 0 Å². The minimum absolute atomic E-state index is 0.0327. The first kappa shape index (κ1) is 33.5. The predicted octanol–water partition coefficient (Wildman–Crippen LogP) is 5.74. The molecule has 1 amide bonds. The van der Waals surface area contributed by atoms with E-state index in [1.165, 1.54) is 4.90 Å². The Kier molecular flexibility index (Phi) is 9.55. The van der Waals surface area contributed by atoms with Crippen LogP contribution in [0.25, 0.3) is 16.6 Å². The van der Waals surface area contributed by atoms with Crippen LogP contribution in [0.3, 0.4) is 0 Å². The number of hydrogen-bond acceptors (Lipinski definition) is 7. The molecule has 1 atom stereocenters. The molecule has 13 heteroatoms. The first-order chi connectivity index (χ1) is 21.6. The molecule has 10 nitrogen and oxygen atoms in total. The number of hydrogen-bond donors (Lipinski definition) is 2. The number of aromatic nitrogens is 2. The maximum Gasteiger partial charge on any atom is 0.407 e. The van der Waals surface area contributed by atoms with Crippen molar-refractivity contribution < 1.29 is 32.6 Å². The molecule has 0 bridgehead atoms. The zero-order valence-electron chi connectivity index (χ0n) is 27.0. The fraction of sp³-hybridized carbons (Fsp3) is 0.545. The van der Waals surface area contributed by atoms with Gasteiger partial charge in [0.15, 0.2) is 0 Å². The quantitative estimate of drug-likeness (QED) is 0.336. The molecule has 5 rings (SSSR count). The second kappa shape index (κ2) is 13.1. The Labute approximate surface area is 267 Å². The van der Waals surface area contributed by atoms with Crippen LogP contribution in [0, 0.1) is 6.92 Å². The lowest BCUT2D eigenvalue weighted by atomic mass is 9.99. The number of nitrogens with zero attached hydrogens (tertiary/aromatic N) is 5. The highest BCUT2D eigenvalue weighted by Crippen LogP contribution is 2.34. The van der Waals surface area contributed by atoms with Crippen molar-refractivity contribution in [3.8, 4) is 11.1 Å². The Bertz CT molecular complexity index is 1550. The number of alkyl carbamates (subject to hydrolysis) is 1. The van der Waals surface area contributed by atoms with Gasteiger partial charge < -0.3 is 24.5 Å². The summed E-state index contributed by atoms with van der Waals surface area (Å²) >= 11 is 0. The molecule has 3 aromatic rings. The van der Waals surface area contributed by atoms with Gasteiger partial charge in [0.2, 0.25) is 0 Å². The minimum atomic E-state index is -4.24. The number of carbonyl (C=O) groups is 2. The summed E-state index contributed by atoms with van der Waals surface area (Å²) in [5.74, 6) is -0.211. The van der Waals surface area contributed by atoms with Crippen molar-refractivity contribution in [2.24, 2.45) is 0 Å². The maximum absolute atomic E-state index is 12.9. The standard InChI is InChI=1S/C33H43F3N6O4/c1-21-26(30(43)44)18-27-25(10-13-42(27)29(21)22(2)40-16-14-39(15-17-40)20-33(34,35)36)23-6-7-28(37-19-23)41-11-8-24(9-12-41)38-31(45)46-32(3,4)5/h6-7,10,13,18-19,22,24H,8-9,11-12,14-17,20H2,1-5H3,(H,38,45)(H,43,44). The molecule has 0 spiro atoms. The average molecular weight is 645 g/mol. The van der Waals surface area contributed by atoms with Crippen LogP contribution in [0.5, 0.6) is 0 Å². The maximum atomic E-state index is 12.9. The van der Waals surface area contributed by atoms with E-state index in [0.717, 1.165) is 54.1 Å². The van der Waals surface area contributed by atoms with Crippen molar-refractivity contribution >= 4 is 23.4 Å². The summed E-state index contributed by atoms with van der Waals surface area (Å²) < 4.78 is 46.1. The number of piperazine rings is 1. The summed E-state index contributed by atoms with van der Waals surface area (Å²) in [5, 5.41) is 13.0. The number of rotatable bonds is 7. The lowest BCUT2D eigenvalue weighted by molar-refractivity contribution is -0.149. The zero-order chi connectivity index (χ0) is 33.4. The normalized spacial score (nSPS) is 18.1. The third-order valence-corrected chi connectivity index (χ3v) is 8.84. The molecule has 3 aromatic heterocycles. The molecule has 1 unspecified atom stereocenters. The molecule has 46 heavy (non-hydrogen) atoms. The molecule has 5 heterocycles. The smallest absolute Gasteiger partial charge is 0.407 e. The summed E-state index contributed by atoms with van der Waals surface area (Å²) in [6.45, 7) is 11.3. The van der Waals surface area contributed by atoms with Crippen LogP contribution >= 0.6 is 0 Å². The van der Waals surface area contributed by atoms with Crippen LogP contribution in [0.15, 0.2) is 36.7 Å². The SMILES string of the molecule is Cc1c(C(=O)O)cc2c(-c3ccc(N4CCC(NC(=O)OC(C)(C)C)CC4)nc3)ccn2c1C(C)N1CCN(CC(F)(F)F)CC1. The summed E-state index contributed by atoms with van der Waals surface area (Å²) in [6.07, 6.45) is 0.601. The number of amides is 1. The Morgan fingerprint density at radius 3 is 2.30 bits per heavy atom. The van der Waals surface area contributed by atoms with E-state index in [0.29, 0.717) is 18.7 Å². The summed E-state index contributed by atoms with van der Waals surface area (Å²) in [4.78, 5) is 34.9. The summed E-state index contributed by atoms with van der Waals surface area (Å²) in [7, 11) is 0. The Balaban J connectivity index is 1.32. The van der Waals surface area contributed by atoms with E-state index in [1.807, 2.05) is 56.5 Å². The molecule has 2 N–H and O–H groups in total. The van der Waals surface area contributed by atoms with E-state index in [2.05, 4.69) is 15.1 Å². The number of aromatic carboxylic acids is 1. The Morgan fingerprint density at radius 2 is 1.74 bits per heavy atom. The summed E-state index contributed by atoms with van der Waals surface area (Å²) in [5.41, 5.74) is 3.48. The van der Waals surface area contributed by atoms with E-state index in [4.69, 9.17) is 9.72 Å². The number of anilines is 1. The molecule has 250 valence electrons. The molecule has 0 radical (unpaired) electrons. The molecule has 0 saturated carbocycles. The van der Waals surface area contributed by atoms with Crippen LogP contribution in [0.4, 0.5) is 23.8 Å². The lowest BCUT2D eigenvalue weighted by Crippen LogP contribution is -2.49. The van der Waals surface area contributed by atoms with Gasteiger partial charge in [-0.25, -0.2) is 14.6 Å². The van der Waals surface area contributed by atoms with Crippen LogP contribution in [0.2, 0.25) is 0 Å². The van der Waals surface area contributed by atoms with Crippen LogP contribution in [-0.4, -0.2) is 100.0 Å². The van der Waals surface area contributed by atoms with Gasteiger partial charge in [-0.2, -0.15) is 13.2 Å². The number of alkyl halides is 3. The number of halogens is 3. The van der Waals surface area contributed by atoms with Gasteiger partial charge in [0.25, 0.3) is 0 Å². The number of piperidine rings is 1. The van der Waals surface area contributed by atoms with Gasteiger partial charge in [0, 0.05) is 80.6 Å². The third-order valence-electron chi connectivity index (χ3n) is 8.84. The average Bonchev–Trinajstić information content (AvgIpc) is 3.39. The molecule has 2 aliphatic heterocycles. The molecule has 2 aliphatic rings. The van der Waals surface area contributed by atoms with Crippen LogP contribution < -0.4 is 10.2 Å². The molecule has 0 aromatic carbocycles. The van der Waals surface area contributed by atoms with Gasteiger partial charge in [-0.1, -0.05) is 0 Å². The van der Waals surface area contributed by atoms with Gasteiger partial charge in [-0.3, -0.25) is 9.80 Å². The lowest BCUT2D eigenvalue weighted by Gasteiger charge is -2.39. The van der Waals surface area contributed by atoms with Crippen LogP contribution in [-0.2, 0) is 4.74 Å². The van der Waals surface area contributed by atoms with Crippen molar-refractivity contribution in [2.45, 2.75) is 71.3 Å². The van der Waals surface area contributed by atoms with Crippen molar-refractivity contribution in [3.05, 3.63) is 53.5 Å². The molecule has 2 fully saturated rings. The van der Waals surface area contributed by atoms with Gasteiger partial charge in [0.05, 0.1) is 17.6 Å². The zero-order valence-corrected chi connectivity index (χ0v) is 27.0. The van der Waals surface area contributed by atoms with E-state index in [1.54, 1.807) is 19.2 Å². The second-order valence-corrected chi connectivity index (χ2v) is 13.3. The molecule has 2 saturated heterocycles. The van der Waals surface area contributed by atoms with Crippen molar-refractivity contribution in [3.63, 3.8) is 0 Å².